The number of hydrogen-bond acceptors (Lipinski definition) is 9. The first-order valence-electron chi connectivity index (χ1n) is 14.0. The van der Waals surface area contributed by atoms with E-state index in [9.17, 15) is 40.3 Å². The van der Waals surface area contributed by atoms with E-state index in [1.807, 2.05) is 5.32 Å². The summed E-state index contributed by atoms with van der Waals surface area (Å²) in [5, 5.41) is 15.2. The van der Waals surface area contributed by atoms with Gasteiger partial charge in [0.25, 0.3) is 12.3 Å². The summed E-state index contributed by atoms with van der Waals surface area (Å²) in [6, 6.07) is -1.68. The van der Waals surface area contributed by atoms with Crippen LogP contribution in [0.15, 0.2) is 41.7 Å². The minimum Gasteiger partial charge on any atom is -0.344 e. The lowest BCUT2D eigenvalue weighted by Gasteiger charge is -2.33. The number of alkyl halides is 7. The molecule has 6 rings (SSSR count). The third-order valence-corrected chi connectivity index (χ3v) is 8.42. The summed E-state index contributed by atoms with van der Waals surface area (Å²) in [5.74, 6) is -5.46. The van der Waals surface area contributed by atoms with E-state index in [4.69, 9.17) is 0 Å². The summed E-state index contributed by atoms with van der Waals surface area (Å²) in [6.45, 7) is 0. The maximum Gasteiger partial charge on any atom is 0.408 e. The van der Waals surface area contributed by atoms with E-state index in [0.29, 0.717) is 5.56 Å². The van der Waals surface area contributed by atoms with Gasteiger partial charge in [0.05, 0.1) is 35.2 Å². The smallest absolute Gasteiger partial charge is 0.344 e. The lowest BCUT2D eigenvalue weighted by molar-refractivity contribution is -0.155. The number of rotatable bonds is 8. The maximum atomic E-state index is 14.0. The molecule has 0 aromatic carbocycles. The summed E-state index contributed by atoms with van der Waals surface area (Å²) in [7, 11) is 0. The number of fused-ring (bicyclic) bond motifs is 1. The lowest BCUT2D eigenvalue weighted by Crippen LogP contribution is -2.40. The van der Waals surface area contributed by atoms with Crippen molar-refractivity contribution < 1.29 is 45.0 Å². The summed E-state index contributed by atoms with van der Waals surface area (Å²) < 4.78 is 101. The maximum absolute atomic E-state index is 14.0. The summed E-state index contributed by atoms with van der Waals surface area (Å²) in [5.41, 5.74) is -2.83. The molecule has 2 amide bonds. The molecule has 3 atom stereocenters. The van der Waals surface area contributed by atoms with Crippen LogP contribution in [0.1, 0.15) is 77.7 Å². The van der Waals surface area contributed by atoms with Crippen molar-refractivity contribution in [3.05, 3.63) is 65.4 Å². The molecule has 12 nitrogen and oxygen atoms in total. The number of nitrogens with zero attached hydrogens (tertiary/aromatic N) is 7. The monoisotopic (exact) mass is 655 g/mol. The van der Waals surface area contributed by atoms with E-state index >= 15 is 0 Å². The average molecular weight is 656 g/mol. The normalized spacial score (nSPS) is 22.7. The fraction of sp³-hybridized carbons (Fsp3) is 0.481. The van der Waals surface area contributed by atoms with E-state index in [0.717, 1.165) is 0 Å². The number of carbonyl (C=O) groups is 2. The van der Waals surface area contributed by atoms with Gasteiger partial charge in [-0.25, -0.2) is 31.7 Å². The van der Waals surface area contributed by atoms with E-state index in [-0.39, 0.29) is 36.3 Å². The van der Waals surface area contributed by atoms with Gasteiger partial charge in [-0.15, -0.1) is 0 Å². The van der Waals surface area contributed by atoms with Crippen molar-refractivity contribution in [2.45, 2.75) is 74.5 Å². The van der Waals surface area contributed by atoms with Crippen molar-refractivity contribution in [3.8, 4) is 0 Å². The van der Waals surface area contributed by atoms with Gasteiger partial charge in [0, 0.05) is 31.4 Å². The predicted octanol–water partition coefficient (Wildman–Crippen LogP) is 4.07. The van der Waals surface area contributed by atoms with Gasteiger partial charge in [-0.3, -0.25) is 19.6 Å². The third-order valence-electron chi connectivity index (χ3n) is 8.42. The highest BCUT2D eigenvalue weighted by Crippen LogP contribution is 2.43. The Labute approximate surface area is 254 Å². The first-order chi connectivity index (χ1) is 21.8. The fourth-order valence-electron chi connectivity index (χ4n) is 6.06. The molecule has 1 aliphatic heterocycles. The van der Waals surface area contributed by atoms with Gasteiger partial charge < -0.3 is 10.6 Å². The molecule has 0 unspecified atom stereocenters. The zero-order valence-corrected chi connectivity index (χ0v) is 23.5. The van der Waals surface area contributed by atoms with Gasteiger partial charge in [0.15, 0.2) is 11.3 Å². The van der Waals surface area contributed by atoms with Crippen LogP contribution in [0, 0.1) is 5.92 Å². The van der Waals surface area contributed by atoms with Crippen LogP contribution in [0.5, 0.6) is 0 Å². The summed E-state index contributed by atoms with van der Waals surface area (Å²) in [4.78, 5) is 38.7. The SMILES string of the molecule is O=C(N[C@H](c1cn2ncc(C[C@@]3(c4cnccn4)C[C@@H](C(F)(F)F)NC3=O)cc2n1)C1CCC(F)(F)CC1)c1nonc1C(F)F. The number of amides is 2. The topological polar surface area (TPSA) is 153 Å². The zero-order chi connectivity index (χ0) is 32.9. The number of imidazole rings is 1. The van der Waals surface area contributed by atoms with Crippen LogP contribution < -0.4 is 10.6 Å². The molecule has 19 heteroatoms. The Morgan fingerprint density at radius 1 is 1.15 bits per heavy atom. The van der Waals surface area contributed by atoms with Crippen molar-refractivity contribution in [3.63, 3.8) is 0 Å². The number of carbonyl (C=O) groups excluding carboxylic acids is 2. The molecule has 4 aromatic rings. The number of halogens is 7. The highest BCUT2D eigenvalue weighted by atomic mass is 19.4. The third kappa shape index (κ3) is 5.96. The Bertz CT molecular complexity index is 1740. The largest absolute Gasteiger partial charge is 0.408 e. The van der Waals surface area contributed by atoms with Crippen LogP contribution in [-0.4, -0.2) is 64.8 Å². The summed E-state index contributed by atoms with van der Waals surface area (Å²) in [6.07, 6.45) is -3.22. The molecular formula is C27H24F7N9O3. The Kier molecular flexibility index (Phi) is 7.87. The van der Waals surface area contributed by atoms with Crippen molar-refractivity contribution >= 4 is 17.5 Å². The van der Waals surface area contributed by atoms with Gasteiger partial charge in [-0.2, -0.15) is 18.3 Å². The van der Waals surface area contributed by atoms with Gasteiger partial charge >= 0.3 is 6.18 Å². The van der Waals surface area contributed by atoms with Crippen molar-refractivity contribution in [2.75, 3.05) is 0 Å². The number of aromatic nitrogens is 7. The number of hydrogen-bond donors (Lipinski definition) is 2. The van der Waals surface area contributed by atoms with Gasteiger partial charge in [-0.05, 0) is 53.5 Å². The minimum atomic E-state index is -4.71. The Hall–Kier alpha value is -4.71. The van der Waals surface area contributed by atoms with Gasteiger partial charge in [0.1, 0.15) is 6.04 Å². The first kappa shape index (κ1) is 31.3. The molecule has 1 aliphatic carbocycles. The summed E-state index contributed by atoms with van der Waals surface area (Å²) >= 11 is 0. The lowest BCUT2D eigenvalue weighted by atomic mass is 9.76. The molecule has 4 aromatic heterocycles. The molecule has 1 saturated heterocycles. The van der Waals surface area contributed by atoms with Crippen molar-refractivity contribution in [1.82, 2.24) is 45.5 Å². The van der Waals surface area contributed by atoms with Crippen LogP contribution in [0.3, 0.4) is 0 Å². The first-order valence-corrected chi connectivity index (χ1v) is 14.0. The quantitative estimate of drug-likeness (QED) is 0.268. The second kappa shape index (κ2) is 11.6. The minimum absolute atomic E-state index is 0.0284. The predicted molar refractivity (Wildman–Crippen MR) is 139 cm³/mol. The van der Waals surface area contributed by atoms with Crippen LogP contribution in [0.4, 0.5) is 30.7 Å². The average Bonchev–Trinajstić information content (AvgIpc) is 3.74. The number of nitrogens with one attached hydrogen (secondary N) is 2. The molecule has 2 fully saturated rings. The molecule has 2 N–H and O–H groups in total. The molecule has 46 heavy (non-hydrogen) atoms. The van der Waals surface area contributed by atoms with Crippen LogP contribution in [0.25, 0.3) is 5.65 Å². The highest BCUT2D eigenvalue weighted by Gasteiger charge is 2.57. The fourth-order valence-corrected chi connectivity index (χ4v) is 6.06. The van der Waals surface area contributed by atoms with Crippen molar-refractivity contribution in [2.24, 2.45) is 5.92 Å². The Balaban J connectivity index is 1.33. The van der Waals surface area contributed by atoms with E-state index < -0.39 is 84.4 Å². The van der Waals surface area contributed by atoms with Crippen LogP contribution >= 0.6 is 0 Å². The van der Waals surface area contributed by atoms with Crippen LogP contribution in [-0.2, 0) is 16.6 Å². The van der Waals surface area contributed by atoms with Crippen LogP contribution in [0.2, 0.25) is 0 Å². The molecule has 2 aliphatic rings. The molecule has 0 spiro atoms. The van der Waals surface area contributed by atoms with Gasteiger partial charge in [-0.1, -0.05) is 0 Å². The second-order valence-corrected chi connectivity index (χ2v) is 11.4. The molecule has 5 heterocycles. The molecule has 1 saturated carbocycles. The highest BCUT2D eigenvalue weighted by molar-refractivity contribution is 5.93. The molecule has 0 bridgehead atoms. The second-order valence-electron chi connectivity index (χ2n) is 11.4. The zero-order valence-electron chi connectivity index (χ0n) is 23.5. The standard InChI is InChI=1S/C27H24F7N9O3/c28-22(29)20-21(42-46-41-20)23(44)40-19(14-1-3-26(30,31)4-2-14)15-12-43-18(38-15)7-13(10-37-43)8-25(17-11-35-5-6-36-17)9-16(27(32,33)34)39-24(25)45/h5-7,10-12,14,16,19,22H,1-4,8-9H2,(H,39,45)(H,40,44)/t16-,19-,25-/m0/s1. The molecule has 0 radical (unpaired) electrons. The Morgan fingerprint density at radius 3 is 2.57 bits per heavy atom. The Morgan fingerprint density at radius 2 is 1.91 bits per heavy atom. The van der Waals surface area contributed by atoms with Gasteiger partial charge in [0.2, 0.25) is 17.5 Å². The van der Waals surface area contributed by atoms with E-state index in [1.54, 1.807) is 0 Å². The van der Waals surface area contributed by atoms with E-state index in [2.05, 4.69) is 40.3 Å². The molecule has 244 valence electrons. The van der Waals surface area contributed by atoms with E-state index in [1.165, 1.54) is 41.6 Å². The molecular weight excluding hydrogens is 631 g/mol. The van der Waals surface area contributed by atoms with Crippen molar-refractivity contribution in [1.29, 1.82) is 0 Å².